The molecule has 0 spiro atoms. The van der Waals surface area contributed by atoms with Crippen molar-refractivity contribution in [3.8, 4) is 0 Å². The summed E-state index contributed by atoms with van der Waals surface area (Å²) in [6.45, 7) is 3.61. The smallest absolute Gasteiger partial charge is 0.187 e. The Balaban J connectivity index is 2.49. The monoisotopic (exact) mass is 208 g/mol. The predicted octanol–water partition coefficient (Wildman–Crippen LogP) is 2.18. The molecule has 1 saturated carbocycles. The van der Waals surface area contributed by atoms with Crippen LogP contribution in [0.5, 0.6) is 0 Å². The molecule has 0 aliphatic heterocycles. The molecule has 0 saturated heterocycles. The molecule has 2 rings (SSSR count). The molecule has 1 fully saturated rings. The topological polar surface area (TPSA) is 34.1 Å². The van der Waals surface area contributed by atoms with Crippen LogP contribution in [0.1, 0.15) is 12.8 Å². The molecule has 0 heterocycles. The average Bonchev–Trinajstić information content (AvgIpc) is 3.00. The molecular formula is C11H12O2S. The Labute approximate surface area is 84.2 Å². The van der Waals surface area contributed by atoms with Crippen LogP contribution >= 0.6 is 0 Å². The minimum atomic E-state index is -3.20. The van der Waals surface area contributed by atoms with Gasteiger partial charge in [-0.15, -0.1) is 6.58 Å². The van der Waals surface area contributed by atoms with Crippen molar-refractivity contribution >= 4 is 9.84 Å². The van der Waals surface area contributed by atoms with E-state index in [1.807, 2.05) is 6.07 Å². The maximum absolute atomic E-state index is 12.1. The molecule has 14 heavy (non-hydrogen) atoms. The Bertz CT molecular complexity index is 441. The zero-order valence-corrected chi connectivity index (χ0v) is 8.63. The van der Waals surface area contributed by atoms with E-state index in [2.05, 4.69) is 6.58 Å². The van der Waals surface area contributed by atoms with Crippen LogP contribution in [0.4, 0.5) is 0 Å². The minimum absolute atomic E-state index is 0.400. The number of rotatable bonds is 3. The first kappa shape index (κ1) is 9.46. The van der Waals surface area contributed by atoms with Crippen molar-refractivity contribution in [2.24, 2.45) is 0 Å². The fourth-order valence-corrected chi connectivity index (χ4v) is 3.38. The van der Waals surface area contributed by atoms with Gasteiger partial charge >= 0.3 is 0 Å². The van der Waals surface area contributed by atoms with E-state index >= 15 is 0 Å². The Kier molecular flexibility index (Phi) is 2.00. The molecule has 0 atom stereocenters. The maximum Gasteiger partial charge on any atom is 0.187 e. The molecular weight excluding hydrogens is 196 g/mol. The summed E-state index contributed by atoms with van der Waals surface area (Å²) < 4.78 is 23.5. The molecule has 0 aromatic heterocycles. The SMILES string of the molecule is C=CC1(S(=O)(=O)c2ccccc2)CC1. The van der Waals surface area contributed by atoms with E-state index in [1.165, 1.54) is 0 Å². The summed E-state index contributed by atoms with van der Waals surface area (Å²) in [7, 11) is -3.20. The predicted molar refractivity (Wildman–Crippen MR) is 55.8 cm³/mol. The summed E-state index contributed by atoms with van der Waals surface area (Å²) in [5, 5.41) is 0. The van der Waals surface area contributed by atoms with Gasteiger partial charge in [-0.25, -0.2) is 8.42 Å². The molecule has 0 radical (unpaired) electrons. The zero-order chi connectivity index (χ0) is 10.2. The van der Waals surface area contributed by atoms with E-state index in [0.29, 0.717) is 17.7 Å². The molecule has 2 nitrogen and oxygen atoms in total. The van der Waals surface area contributed by atoms with Crippen LogP contribution in [-0.2, 0) is 9.84 Å². The highest BCUT2D eigenvalue weighted by molar-refractivity contribution is 7.93. The summed E-state index contributed by atoms with van der Waals surface area (Å²) in [5.74, 6) is 0. The fourth-order valence-electron chi connectivity index (χ4n) is 1.54. The Morgan fingerprint density at radius 1 is 1.21 bits per heavy atom. The molecule has 3 heteroatoms. The first-order valence-electron chi connectivity index (χ1n) is 4.56. The van der Waals surface area contributed by atoms with Gasteiger partial charge in [0.2, 0.25) is 0 Å². The Morgan fingerprint density at radius 3 is 2.21 bits per heavy atom. The third-order valence-corrected chi connectivity index (χ3v) is 5.24. The van der Waals surface area contributed by atoms with Crippen LogP contribution in [0.2, 0.25) is 0 Å². The Morgan fingerprint density at radius 2 is 1.79 bits per heavy atom. The third kappa shape index (κ3) is 1.20. The van der Waals surface area contributed by atoms with Crippen LogP contribution in [-0.4, -0.2) is 13.2 Å². The highest BCUT2D eigenvalue weighted by atomic mass is 32.2. The maximum atomic E-state index is 12.1. The van der Waals surface area contributed by atoms with Gasteiger partial charge < -0.3 is 0 Å². The molecule has 1 aromatic carbocycles. The normalized spacial score (nSPS) is 18.9. The highest BCUT2D eigenvalue weighted by Crippen LogP contribution is 2.47. The number of benzene rings is 1. The van der Waals surface area contributed by atoms with Crippen molar-refractivity contribution in [3.63, 3.8) is 0 Å². The minimum Gasteiger partial charge on any atom is -0.223 e. The van der Waals surface area contributed by atoms with Crippen LogP contribution in [0.3, 0.4) is 0 Å². The quantitative estimate of drug-likeness (QED) is 0.713. The molecule has 1 aliphatic carbocycles. The average molecular weight is 208 g/mol. The lowest BCUT2D eigenvalue weighted by atomic mass is 10.4. The van der Waals surface area contributed by atoms with Crippen molar-refractivity contribution in [2.45, 2.75) is 22.5 Å². The first-order chi connectivity index (χ1) is 6.62. The second-order valence-corrected chi connectivity index (χ2v) is 5.88. The van der Waals surface area contributed by atoms with Gasteiger partial charge in [0.15, 0.2) is 9.84 Å². The second kappa shape index (κ2) is 2.95. The lowest BCUT2D eigenvalue weighted by Crippen LogP contribution is -2.20. The van der Waals surface area contributed by atoms with E-state index < -0.39 is 14.6 Å². The van der Waals surface area contributed by atoms with Crippen molar-refractivity contribution < 1.29 is 8.42 Å². The van der Waals surface area contributed by atoms with Gasteiger partial charge in [-0.1, -0.05) is 24.3 Å². The number of hydrogen-bond acceptors (Lipinski definition) is 2. The van der Waals surface area contributed by atoms with Gasteiger partial charge in [0.25, 0.3) is 0 Å². The van der Waals surface area contributed by atoms with Crippen LogP contribution in [0.25, 0.3) is 0 Å². The summed E-state index contributed by atoms with van der Waals surface area (Å²) in [5.41, 5.74) is 0. The molecule has 1 aromatic rings. The Hall–Kier alpha value is -1.09. The van der Waals surface area contributed by atoms with Gasteiger partial charge in [-0.2, -0.15) is 0 Å². The van der Waals surface area contributed by atoms with E-state index in [0.717, 1.165) is 0 Å². The largest absolute Gasteiger partial charge is 0.223 e. The number of sulfone groups is 1. The second-order valence-electron chi connectivity index (χ2n) is 3.59. The summed E-state index contributed by atoms with van der Waals surface area (Å²) >= 11 is 0. The summed E-state index contributed by atoms with van der Waals surface area (Å²) in [4.78, 5) is 0.400. The van der Waals surface area contributed by atoms with Crippen LogP contribution < -0.4 is 0 Å². The fraction of sp³-hybridized carbons (Fsp3) is 0.273. The van der Waals surface area contributed by atoms with Gasteiger partial charge in [-0.05, 0) is 25.0 Å². The molecule has 0 amide bonds. The number of hydrogen-bond donors (Lipinski definition) is 0. The van der Waals surface area contributed by atoms with Crippen molar-refractivity contribution in [1.29, 1.82) is 0 Å². The first-order valence-corrected chi connectivity index (χ1v) is 6.04. The van der Waals surface area contributed by atoms with Gasteiger partial charge in [-0.3, -0.25) is 0 Å². The molecule has 0 N–H and O–H groups in total. The van der Waals surface area contributed by atoms with Gasteiger partial charge in [0, 0.05) is 0 Å². The van der Waals surface area contributed by atoms with E-state index in [-0.39, 0.29) is 0 Å². The van der Waals surface area contributed by atoms with E-state index in [1.54, 1.807) is 30.3 Å². The van der Waals surface area contributed by atoms with Crippen molar-refractivity contribution in [3.05, 3.63) is 43.0 Å². The third-order valence-electron chi connectivity index (χ3n) is 2.70. The van der Waals surface area contributed by atoms with Crippen molar-refractivity contribution in [2.75, 3.05) is 0 Å². The van der Waals surface area contributed by atoms with Gasteiger partial charge in [0.1, 0.15) is 0 Å². The summed E-state index contributed by atoms with van der Waals surface area (Å²) in [6, 6.07) is 8.57. The summed E-state index contributed by atoms with van der Waals surface area (Å²) in [6.07, 6.45) is 2.97. The van der Waals surface area contributed by atoms with E-state index in [9.17, 15) is 8.42 Å². The van der Waals surface area contributed by atoms with Crippen LogP contribution in [0.15, 0.2) is 47.9 Å². The molecule has 0 bridgehead atoms. The molecule has 1 aliphatic rings. The van der Waals surface area contributed by atoms with E-state index in [4.69, 9.17) is 0 Å². The van der Waals surface area contributed by atoms with Crippen molar-refractivity contribution in [1.82, 2.24) is 0 Å². The zero-order valence-electron chi connectivity index (χ0n) is 7.81. The lowest BCUT2D eigenvalue weighted by molar-refractivity contribution is 0.587. The lowest BCUT2D eigenvalue weighted by Gasteiger charge is -2.10. The molecule has 74 valence electrons. The highest BCUT2D eigenvalue weighted by Gasteiger charge is 2.52. The van der Waals surface area contributed by atoms with Crippen LogP contribution in [0, 0.1) is 0 Å². The molecule has 0 unspecified atom stereocenters. The standard InChI is InChI=1S/C11H12O2S/c1-2-11(8-9-11)14(12,13)10-6-4-3-5-7-10/h2-7H,1,8-9H2. The van der Waals surface area contributed by atoms with Gasteiger partial charge in [0.05, 0.1) is 9.64 Å².